The van der Waals surface area contributed by atoms with Gasteiger partial charge in [-0.2, -0.15) is 0 Å². The van der Waals surface area contributed by atoms with Crippen LogP contribution in [0.25, 0.3) is 0 Å². The van der Waals surface area contributed by atoms with Crippen molar-refractivity contribution < 1.29 is 113 Å². The molecular formula is C53H82O23. The monoisotopic (exact) mass is 1090 g/mol. The Morgan fingerprint density at radius 1 is 0.671 bits per heavy atom. The highest BCUT2D eigenvalue weighted by Gasteiger charge is 2.79. The summed E-state index contributed by atoms with van der Waals surface area (Å²) in [5, 5.41) is 129. The number of hydrogen-bond donors (Lipinski definition) is 12. The number of esters is 1. The fourth-order valence-corrected chi connectivity index (χ4v) is 15.6. The summed E-state index contributed by atoms with van der Waals surface area (Å²) in [6.45, 7) is 13.6. The van der Waals surface area contributed by atoms with E-state index in [-0.39, 0.29) is 35.6 Å². The first-order chi connectivity index (χ1) is 35.7. The summed E-state index contributed by atoms with van der Waals surface area (Å²) in [5.74, 6) is -0.697. The second-order valence-corrected chi connectivity index (χ2v) is 24.6. The highest BCUT2D eigenvalue weighted by Crippen LogP contribution is 2.75. The predicted octanol–water partition coefficient (Wildman–Crippen LogP) is -1.89. The lowest BCUT2D eigenvalue weighted by atomic mass is 9.41. The van der Waals surface area contributed by atoms with Crippen molar-refractivity contribution in [2.24, 2.45) is 39.4 Å². The molecule has 432 valence electrons. The lowest BCUT2D eigenvalue weighted by molar-refractivity contribution is -0.391. The summed E-state index contributed by atoms with van der Waals surface area (Å²) in [6.07, 6.45) is -25.8. The molecule has 23 heteroatoms. The summed E-state index contributed by atoms with van der Waals surface area (Å²) in [6, 6.07) is 0. The van der Waals surface area contributed by atoms with E-state index in [2.05, 4.69) is 40.3 Å². The minimum atomic E-state index is -2.03. The Balaban J connectivity index is 0.881. The van der Waals surface area contributed by atoms with Crippen molar-refractivity contribution in [3.8, 4) is 0 Å². The summed E-state index contributed by atoms with van der Waals surface area (Å²) in [7, 11) is 0. The van der Waals surface area contributed by atoms with Crippen LogP contribution in [0.15, 0.2) is 23.8 Å². The zero-order valence-corrected chi connectivity index (χ0v) is 44.1. The van der Waals surface area contributed by atoms with E-state index >= 15 is 0 Å². The summed E-state index contributed by atoms with van der Waals surface area (Å²) in [5.41, 5.74) is -1.08. The second kappa shape index (κ2) is 21.6. The number of fused-ring (bicyclic) bond motifs is 4. The van der Waals surface area contributed by atoms with Crippen molar-refractivity contribution in [3.63, 3.8) is 0 Å². The summed E-state index contributed by atoms with van der Waals surface area (Å²) >= 11 is 0. The van der Waals surface area contributed by atoms with Gasteiger partial charge >= 0.3 is 5.97 Å². The van der Waals surface area contributed by atoms with E-state index in [1.807, 2.05) is 13.8 Å². The topological polar surface area (TPSA) is 360 Å². The third-order valence-corrected chi connectivity index (χ3v) is 19.7. The number of allylic oxidation sites excluding steroid dienone is 3. The molecular weight excluding hydrogens is 1000 g/mol. The van der Waals surface area contributed by atoms with Gasteiger partial charge < -0.3 is 104 Å². The van der Waals surface area contributed by atoms with Crippen LogP contribution in [-0.4, -0.2) is 228 Å². The molecule has 3 saturated carbocycles. The number of carbonyl (C=O) groups excluding carboxylic acids is 2. The van der Waals surface area contributed by atoms with Crippen LogP contribution in [0.4, 0.5) is 0 Å². The van der Waals surface area contributed by atoms with Crippen molar-refractivity contribution in [1.29, 1.82) is 0 Å². The molecule has 0 amide bonds. The van der Waals surface area contributed by atoms with Gasteiger partial charge in [-0.05, 0) is 93.3 Å². The first-order valence-corrected chi connectivity index (χ1v) is 27.0. The van der Waals surface area contributed by atoms with Crippen molar-refractivity contribution in [2.75, 3.05) is 26.4 Å². The molecule has 27 atom stereocenters. The SMILES string of the molecule is C=C(C)CCCC1(C)OC(=O)C23CC=C4C(CCC5C4(C)CCC(OC4OCC(O)C(O)C4OC4OC(CO)C(OC6OC(CO)C(O)C(OC7OC(CO)C(O)C(O)C7O)C6O)C(O)C4O)C5(C)C)C2(C)CC(=O)C13. The van der Waals surface area contributed by atoms with Crippen LogP contribution < -0.4 is 0 Å². The molecule has 12 N–H and O–H groups in total. The first-order valence-electron chi connectivity index (χ1n) is 27.0. The number of ether oxygens (including phenoxy) is 9. The zero-order chi connectivity index (χ0) is 55.4. The van der Waals surface area contributed by atoms with Crippen LogP contribution in [0, 0.1) is 39.4 Å². The third kappa shape index (κ3) is 9.39. The van der Waals surface area contributed by atoms with E-state index in [9.17, 15) is 70.9 Å². The number of cyclic esters (lactones) is 1. The van der Waals surface area contributed by atoms with Crippen molar-refractivity contribution in [3.05, 3.63) is 23.8 Å². The third-order valence-electron chi connectivity index (χ3n) is 19.7. The molecule has 9 rings (SSSR count). The lowest BCUT2D eigenvalue weighted by Crippen LogP contribution is -2.67. The Bertz CT molecular complexity index is 2160. The molecule has 8 fully saturated rings. The van der Waals surface area contributed by atoms with Gasteiger partial charge in [-0.15, -0.1) is 6.58 Å². The van der Waals surface area contributed by atoms with Gasteiger partial charge in [0.05, 0.1) is 43.9 Å². The van der Waals surface area contributed by atoms with Crippen LogP contribution in [0.1, 0.15) is 99.3 Å². The Labute approximate surface area is 441 Å². The van der Waals surface area contributed by atoms with Gasteiger partial charge in [0.2, 0.25) is 0 Å². The van der Waals surface area contributed by atoms with Crippen LogP contribution >= 0.6 is 0 Å². The molecule has 0 aromatic carbocycles. The molecule has 4 aliphatic carbocycles. The maximum atomic E-state index is 14.3. The molecule has 9 aliphatic rings. The van der Waals surface area contributed by atoms with Crippen LogP contribution in [0.3, 0.4) is 0 Å². The van der Waals surface area contributed by atoms with Gasteiger partial charge in [0, 0.05) is 6.42 Å². The molecule has 27 unspecified atom stereocenters. The highest BCUT2D eigenvalue weighted by molar-refractivity contribution is 5.99. The van der Waals surface area contributed by atoms with Crippen LogP contribution in [0.5, 0.6) is 0 Å². The molecule has 1 spiro atoms. The van der Waals surface area contributed by atoms with Crippen molar-refractivity contribution in [2.45, 2.75) is 228 Å². The van der Waals surface area contributed by atoms with Gasteiger partial charge in [-0.25, -0.2) is 0 Å². The van der Waals surface area contributed by atoms with Crippen molar-refractivity contribution in [1.82, 2.24) is 0 Å². The number of hydrogen-bond acceptors (Lipinski definition) is 23. The number of Topliss-reactive ketones (excluding diaryl/α,β-unsaturated/α-hetero) is 1. The summed E-state index contributed by atoms with van der Waals surface area (Å²) in [4.78, 5) is 28.6. The number of rotatable bonds is 15. The quantitative estimate of drug-likeness (QED) is 0.0485. The van der Waals surface area contributed by atoms with Crippen LogP contribution in [0.2, 0.25) is 0 Å². The van der Waals surface area contributed by atoms with Gasteiger partial charge in [0.15, 0.2) is 25.2 Å². The zero-order valence-electron chi connectivity index (χ0n) is 44.1. The van der Waals surface area contributed by atoms with E-state index < -0.39 is 170 Å². The molecule has 5 saturated heterocycles. The average Bonchev–Trinajstić information content (AvgIpc) is 3.76. The molecule has 0 bridgehead atoms. The number of aliphatic hydroxyl groups is 12. The Morgan fingerprint density at radius 3 is 1.91 bits per heavy atom. The van der Waals surface area contributed by atoms with E-state index in [1.165, 1.54) is 5.57 Å². The fraction of sp³-hybridized carbons (Fsp3) is 0.887. The molecule has 76 heavy (non-hydrogen) atoms. The predicted molar refractivity (Wildman–Crippen MR) is 257 cm³/mol. The number of aliphatic hydroxyl groups excluding tert-OH is 12. The minimum absolute atomic E-state index is 0.0299. The average molecular weight is 1090 g/mol. The van der Waals surface area contributed by atoms with Crippen LogP contribution in [-0.2, 0) is 52.2 Å². The standard InChI is InChI=1S/C53H82O23/c1-22(2)9-8-14-52(7)43-25(57)17-51(6)24-10-11-30-49(3,4)31(13-15-50(30,5)23(24)12-16-53(43,51)48(67)76-52)72-47-42(32(59)26(58)21-68-47)75-45-38(65)36(63)40(29(20-56)71-45)73-46-39(66)41(34(61)28(19-55)70-46)74-44-37(64)35(62)33(60)27(18-54)69-44/h12,24,26-47,54-56,58-66H,1,8-11,13-21H2,2-7H3. The molecule has 0 aromatic rings. The summed E-state index contributed by atoms with van der Waals surface area (Å²) < 4.78 is 53.7. The maximum absolute atomic E-state index is 14.3. The smallest absolute Gasteiger partial charge is 0.314 e. The van der Waals surface area contributed by atoms with E-state index in [1.54, 1.807) is 0 Å². The molecule has 0 aromatic heterocycles. The number of carbonyl (C=O) groups is 2. The largest absolute Gasteiger partial charge is 0.458 e. The van der Waals surface area contributed by atoms with E-state index in [0.717, 1.165) is 31.3 Å². The molecule has 23 nitrogen and oxygen atoms in total. The van der Waals surface area contributed by atoms with Gasteiger partial charge in [-0.3, -0.25) is 9.59 Å². The molecule has 5 heterocycles. The Morgan fingerprint density at radius 2 is 1.26 bits per heavy atom. The minimum Gasteiger partial charge on any atom is -0.458 e. The molecule has 5 aliphatic heterocycles. The Hall–Kier alpha value is -2.18. The maximum Gasteiger partial charge on any atom is 0.314 e. The fourth-order valence-electron chi connectivity index (χ4n) is 15.6. The van der Waals surface area contributed by atoms with Crippen molar-refractivity contribution >= 4 is 11.8 Å². The van der Waals surface area contributed by atoms with E-state index in [0.29, 0.717) is 32.1 Å². The lowest BCUT2D eigenvalue weighted by Gasteiger charge is -2.63. The van der Waals surface area contributed by atoms with Gasteiger partial charge in [-0.1, -0.05) is 44.9 Å². The number of ketones is 1. The van der Waals surface area contributed by atoms with E-state index in [4.69, 9.17) is 42.6 Å². The normalized spacial score (nSPS) is 52.0. The first kappa shape index (κ1) is 58.5. The highest BCUT2D eigenvalue weighted by atomic mass is 16.8. The molecule has 0 radical (unpaired) electrons. The van der Waals surface area contributed by atoms with Gasteiger partial charge in [0.25, 0.3) is 0 Å². The van der Waals surface area contributed by atoms with Gasteiger partial charge in [0.1, 0.15) is 103 Å². The Kier molecular flexibility index (Phi) is 16.6. The second-order valence-electron chi connectivity index (χ2n) is 24.6.